The van der Waals surface area contributed by atoms with Crippen LogP contribution in [0.1, 0.15) is 12.8 Å². The molecule has 0 amide bonds. The monoisotopic (exact) mass is 306 g/mol. The molecule has 1 unspecified atom stereocenters. The minimum atomic E-state index is -3.95. The van der Waals surface area contributed by atoms with E-state index in [1.54, 1.807) is 0 Å². The van der Waals surface area contributed by atoms with Gasteiger partial charge in [-0.2, -0.15) is 12.7 Å². The van der Waals surface area contributed by atoms with Gasteiger partial charge in [0.1, 0.15) is 0 Å². The van der Waals surface area contributed by atoms with Gasteiger partial charge in [0.25, 0.3) is 0 Å². The van der Waals surface area contributed by atoms with Crippen LogP contribution in [0.15, 0.2) is 18.2 Å². The Hall–Kier alpha value is -1.25. The second kappa shape index (κ2) is 6.02. The smallest absolute Gasteiger partial charge is 0.301 e. The SMILES string of the molecule is O=S(=O)(Nc1cccc(F)c1F)N1CCCC(CO)C1. The number of halogens is 2. The number of aliphatic hydroxyl groups is 1. The van der Waals surface area contributed by atoms with Crippen LogP contribution in [0.25, 0.3) is 0 Å². The number of hydrogen-bond donors (Lipinski definition) is 2. The number of anilines is 1. The van der Waals surface area contributed by atoms with E-state index >= 15 is 0 Å². The fourth-order valence-corrected chi connectivity index (χ4v) is 3.52. The lowest BCUT2D eigenvalue weighted by atomic mass is 10.0. The Bertz CT molecular complexity index is 580. The maximum atomic E-state index is 13.5. The van der Waals surface area contributed by atoms with E-state index in [9.17, 15) is 17.2 Å². The van der Waals surface area contributed by atoms with Gasteiger partial charge in [-0.25, -0.2) is 8.78 Å². The predicted molar refractivity (Wildman–Crippen MR) is 70.3 cm³/mol. The lowest BCUT2D eigenvalue weighted by molar-refractivity contribution is 0.166. The number of benzene rings is 1. The molecule has 0 spiro atoms. The zero-order valence-electron chi connectivity index (χ0n) is 10.7. The van der Waals surface area contributed by atoms with Gasteiger partial charge in [0, 0.05) is 19.7 Å². The lowest BCUT2D eigenvalue weighted by Crippen LogP contribution is -2.43. The Morgan fingerprint density at radius 1 is 1.40 bits per heavy atom. The Morgan fingerprint density at radius 2 is 2.15 bits per heavy atom. The van der Waals surface area contributed by atoms with Crippen molar-refractivity contribution in [2.45, 2.75) is 12.8 Å². The quantitative estimate of drug-likeness (QED) is 0.881. The molecule has 0 aromatic heterocycles. The third-order valence-corrected chi connectivity index (χ3v) is 4.76. The Labute approximate surface area is 116 Å². The van der Waals surface area contributed by atoms with Crippen LogP contribution >= 0.6 is 0 Å². The summed E-state index contributed by atoms with van der Waals surface area (Å²) in [5.41, 5.74) is -0.420. The highest BCUT2D eigenvalue weighted by Gasteiger charge is 2.29. The maximum Gasteiger partial charge on any atom is 0.301 e. The first-order valence-corrected chi connectivity index (χ1v) is 7.71. The van der Waals surface area contributed by atoms with E-state index in [0.717, 1.165) is 22.9 Å². The van der Waals surface area contributed by atoms with Crippen molar-refractivity contribution in [3.63, 3.8) is 0 Å². The topological polar surface area (TPSA) is 69.6 Å². The first kappa shape index (κ1) is 15.1. The van der Waals surface area contributed by atoms with Crippen LogP contribution < -0.4 is 4.72 Å². The normalized spacial score (nSPS) is 20.9. The van der Waals surface area contributed by atoms with Crippen molar-refractivity contribution < 1.29 is 22.3 Å². The summed E-state index contributed by atoms with van der Waals surface area (Å²) in [4.78, 5) is 0. The summed E-state index contributed by atoms with van der Waals surface area (Å²) in [5, 5.41) is 9.09. The van der Waals surface area contributed by atoms with Crippen molar-refractivity contribution in [3.05, 3.63) is 29.8 Å². The molecule has 0 bridgehead atoms. The summed E-state index contributed by atoms with van der Waals surface area (Å²) in [6.45, 7) is 0.367. The molecule has 112 valence electrons. The molecule has 1 aromatic carbocycles. The van der Waals surface area contributed by atoms with Gasteiger partial charge in [-0.15, -0.1) is 0 Å². The molecule has 1 heterocycles. The molecule has 1 fully saturated rings. The van der Waals surface area contributed by atoms with Crippen molar-refractivity contribution in [1.29, 1.82) is 0 Å². The average molecular weight is 306 g/mol. The number of hydrogen-bond acceptors (Lipinski definition) is 3. The van der Waals surface area contributed by atoms with Gasteiger partial charge < -0.3 is 5.11 Å². The minimum Gasteiger partial charge on any atom is -0.396 e. The summed E-state index contributed by atoms with van der Waals surface area (Å²) in [7, 11) is -3.95. The third-order valence-electron chi connectivity index (χ3n) is 3.27. The van der Waals surface area contributed by atoms with Crippen LogP contribution in [-0.2, 0) is 10.2 Å². The second-order valence-corrected chi connectivity index (χ2v) is 6.43. The predicted octanol–water partition coefficient (Wildman–Crippen LogP) is 1.33. The highest BCUT2D eigenvalue weighted by Crippen LogP contribution is 2.22. The van der Waals surface area contributed by atoms with Gasteiger partial charge in [0.15, 0.2) is 11.6 Å². The number of rotatable bonds is 4. The molecule has 0 aliphatic carbocycles. The molecule has 1 aromatic rings. The molecule has 0 saturated carbocycles. The molecular formula is C12H16F2N2O3S. The van der Waals surface area contributed by atoms with Crippen LogP contribution in [0.3, 0.4) is 0 Å². The van der Waals surface area contributed by atoms with Crippen molar-refractivity contribution in [3.8, 4) is 0 Å². The Kier molecular flexibility index (Phi) is 4.56. The molecule has 2 N–H and O–H groups in total. The molecule has 8 heteroatoms. The van der Waals surface area contributed by atoms with E-state index in [-0.39, 0.29) is 19.1 Å². The summed E-state index contributed by atoms with van der Waals surface area (Å²) >= 11 is 0. The molecule has 1 atom stereocenters. The summed E-state index contributed by atoms with van der Waals surface area (Å²) in [5.74, 6) is -2.47. The summed E-state index contributed by atoms with van der Waals surface area (Å²) < 4.78 is 54.0. The number of nitrogens with one attached hydrogen (secondary N) is 1. The zero-order chi connectivity index (χ0) is 14.8. The standard InChI is InChI=1S/C12H16F2N2O3S/c13-10-4-1-5-11(12(10)14)15-20(18,19)16-6-2-3-9(7-16)8-17/h1,4-5,9,15,17H,2-3,6-8H2. The van der Waals surface area contributed by atoms with Crippen LogP contribution in [0.2, 0.25) is 0 Å². The maximum absolute atomic E-state index is 13.5. The summed E-state index contributed by atoms with van der Waals surface area (Å²) in [6, 6.07) is 3.29. The van der Waals surface area contributed by atoms with Gasteiger partial charge in [0.05, 0.1) is 5.69 Å². The zero-order valence-corrected chi connectivity index (χ0v) is 11.5. The van der Waals surface area contributed by atoms with Crippen LogP contribution in [-0.4, -0.2) is 37.5 Å². The van der Waals surface area contributed by atoms with E-state index in [0.29, 0.717) is 13.0 Å². The molecular weight excluding hydrogens is 290 g/mol. The fourth-order valence-electron chi connectivity index (χ4n) is 2.18. The number of piperidine rings is 1. The van der Waals surface area contributed by atoms with Gasteiger partial charge in [-0.3, -0.25) is 4.72 Å². The molecule has 1 saturated heterocycles. The van der Waals surface area contributed by atoms with Crippen molar-refractivity contribution in [2.24, 2.45) is 5.92 Å². The van der Waals surface area contributed by atoms with Crippen molar-refractivity contribution in [2.75, 3.05) is 24.4 Å². The first-order valence-electron chi connectivity index (χ1n) is 6.27. The van der Waals surface area contributed by atoms with Crippen LogP contribution in [0.5, 0.6) is 0 Å². The first-order chi connectivity index (χ1) is 9.44. The molecule has 20 heavy (non-hydrogen) atoms. The highest BCUT2D eigenvalue weighted by atomic mass is 32.2. The molecule has 1 aliphatic heterocycles. The largest absolute Gasteiger partial charge is 0.396 e. The van der Waals surface area contributed by atoms with Crippen LogP contribution in [0.4, 0.5) is 14.5 Å². The highest BCUT2D eigenvalue weighted by molar-refractivity contribution is 7.90. The second-order valence-electron chi connectivity index (χ2n) is 4.76. The van der Waals surface area contributed by atoms with E-state index < -0.39 is 27.5 Å². The van der Waals surface area contributed by atoms with Crippen LogP contribution in [0, 0.1) is 17.6 Å². The van der Waals surface area contributed by atoms with Gasteiger partial charge in [0.2, 0.25) is 0 Å². The number of aliphatic hydroxyl groups excluding tert-OH is 1. The molecule has 1 aliphatic rings. The fraction of sp³-hybridized carbons (Fsp3) is 0.500. The lowest BCUT2D eigenvalue weighted by Gasteiger charge is -2.31. The Morgan fingerprint density at radius 3 is 2.85 bits per heavy atom. The van der Waals surface area contributed by atoms with E-state index in [4.69, 9.17) is 5.11 Å². The van der Waals surface area contributed by atoms with Crippen molar-refractivity contribution in [1.82, 2.24) is 4.31 Å². The molecule has 5 nitrogen and oxygen atoms in total. The van der Waals surface area contributed by atoms with Crippen molar-refractivity contribution >= 4 is 15.9 Å². The van der Waals surface area contributed by atoms with E-state index in [2.05, 4.69) is 0 Å². The summed E-state index contributed by atoms with van der Waals surface area (Å²) in [6.07, 6.45) is 1.37. The minimum absolute atomic E-state index is 0.0969. The van der Waals surface area contributed by atoms with Gasteiger partial charge in [-0.1, -0.05) is 6.07 Å². The third kappa shape index (κ3) is 3.25. The van der Waals surface area contributed by atoms with Gasteiger partial charge in [-0.05, 0) is 30.9 Å². The Balaban J connectivity index is 2.16. The molecule has 0 radical (unpaired) electrons. The van der Waals surface area contributed by atoms with Gasteiger partial charge >= 0.3 is 10.2 Å². The average Bonchev–Trinajstić information content (AvgIpc) is 2.44. The molecule has 2 rings (SSSR count). The van der Waals surface area contributed by atoms with E-state index in [1.165, 1.54) is 6.07 Å². The number of nitrogens with zero attached hydrogens (tertiary/aromatic N) is 1. The van der Waals surface area contributed by atoms with E-state index in [1.807, 2.05) is 4.72 Å².